The highest BCUT2D eigenvalue weighted by Crippen LogP contribution is 2.26. The summed E-state index contributed by atoms with van der Waals surface area (Å²) in [6, 6.07) is 17.6. The first-order valence-electron chi connectivity index (χ1n) is 11.0. The molecule has 0 aliphatic carbocycles. The van der Waals surface area contributed by atoms with E-state index in [1.165, 1.54) is 0 Å². The van der Waals surface area contributed by atoms with Crippen molar-refractivity contribution in [1.82, 2.24) is 9.88 Å². The molecule has 1 fully saturated rings. The summed E-state index contributed by atoms with van der Waals surface area (Å²) >= 11 is 0. The normalized spacial score (nSPS) is 16.0. The predicted molar refractivity (Wildman–Crippen MR) is 126 cm³/mol. The number of amides is 2. The minimum atomic E-state index is -0.220. The molecule has 3 aromatic rings. The lowest BCUT2D eigenvalue weighted by atomic mass is 9.96. The SMILES string of the molecule is COc1cccc(-c2ccc(NC(=O)[C@@H]3CCCN(C(=O)c4[nH]c(C)cc4C)C3)cc2)c1. The third-order valence-electron chi connectivity index (χ3n) is 6.00. The van der Waals surface area contributed by atoms with Crippen molar-refractivity contribution in [3.63, 3.8) is 0 Å². The number of piperidine rings is 1. The van der Waals surface area contributed by atoms with Crippen molar-refractivity contribution >= 4 is 17.5 Å². The minimum Gasteiger partial charge on any atom is -0.497 e. The van der Waals surface area contributed by atoms with Crippen LogP contribution in [0.5, 0.6) is 5.75 Å². The van der Waals surface area contributed by atoms with Crippen LogP contribution in [0.2, 0.25) is 0 Å². The maximum Gasteiger partial charge on any atom is 0.270 e. The largest absolute Gasteiger partial charge is 0.497 e. The maximum atomic E-state index is 12.9. The Balaban J connectivity index is 1.40. The van der Waals surface area contributed by atoms with Gasteiger partial charge in [0.1, 0.15) is 11.4 Å². The molecule has 2 aromatic carbocycles. The van der Waals surface area contributed by atoms with Crippen molar-refractivity contribution in [3.05, 3.63) is 71.5 Å². The number of rotatable bonds is 5. The fourth-order valence-electron chi connectivity index (χ4n) is 4.28. The second-order valence-electron chi connectivity index (χ2n) is 8.40. The molecule has 2 amide bonds. The van der Waals surface area contributed by atoms with Crippen molar-refractivity contribution < 1.29 is 14.3 Å². The zero-order valence-corrected chi connectivity index (χ0v) is 18.8. The molecule has 1 saturated heterocycles. The van der Waals surface area contributed by atoms with E-state index in [2.05, 4.69) is 10.3 Å². The molecule has 1 atom stereocenters. The highest BCUT2D eigenvalue weighted by Gasteiger charge is 2.30. The Morgan fingerprint density at radius 1 is 1.06 bits per heavy atom. The first-order chi connectivity index (χ1) is 15.4. The second-order valence-corrected chi connectivity index (χ2v) is 8.40. The Kier molecular flexibility index (Phi) is 6.30. The van der Waals surface area contributed by atoms with Crippen LogP contribution >= 0.6 is 0 Å². The van der Waals surface area contributed by atoms with Crippen LogP contribution in [0.1, 0.15) is 34.6 Å². The summed E-state index contributed by atoms with van der Waals surface area (Å²) in [5, 5.41) is 3.02. The van der Waals surface area contributed by atoms with Crippen molar-refractivity contribution in [2.45, 2.75) is 26.7 Å². The summed E-state index contributed by atoms with van der Waals surface area (Å²) in [5.41, 5.74) is 5.38. The van der Waals surface area contributed by atoms with Crippen molar-refractivity contribution in [2.75, 3.05) is 25.5 Å². The number of benzene rings is 2. The lowest BCUT2D eigenvalue weighted by molar-refractivity contribution is -0.121. The van der Waals surface area contributed by atoms with Crippen LogP contribution in [-0.2, 0) is 4.79 Å². The lowest BCUT2D eigenvalue weighted by Gasteiger charge is -2.32. The van der Waals surface area contributed by atoms with E-state index in [4.69, 9.17) is 4.74 Å². The number of hydrogen-bond donors (Lipinski definition) is 2. The Morgan fingerprint density at radius 2 is 1.84 bits per heavy atom. The molecule has 6 heteroatoms. The van der Waals surface area contributed by atoms with Gasteiger partial charge in [0, 0.05) is 24.5 Å². The van der Waals surface area contributed by atoms with Gasteiger partial charge in [-0.15, -0.1) is 0 Å². The van der Waals surface area contributed by atoms with Gasteiger partial charge in [-0.1, -0.05) is 24.3 Å². The van der Waals surface area contributed by atoms with E-state index in [0.717, 1.165) is 46.7 Å². The number of aromatic nitrogens is 1. The maximum absolute atomic E-state index is 12.9. The first kappa shape index (κ1) is 21.7. The molecule has 0 saturated carbocycles. The van der Waals surface area contributed by atoms with Gasteiger partial charge in [0.05, 0.1) is 13.0 Å². The van der Waals surface area contributed by atoms with Crippen LogP contribution < -0.4 is 10.1 Å². The summed E-state index contributed by atoms with van der Waals surface area (Å²) in [4.78, 5) is 30.8. The fourth-order valence-corrected chi connectivity index (χ4v) is 4.28. The Labute approximate surface area is 188 Å². The van der Waals surface area contributed by atoms with Crippen LogP contribution in [0.15, 0.2) is 54.6 Å². The van der Waals surface area contributed by atoms with Gasteiger partial charge in [0.25, 0.3) is 5.91 Å². The summed E-state index contributed by atoms with van der Waals surface area (Å²) in [6.45, 7) is 4.98. The van der Waals surface area contributed by atoms with Crippen LogP contribution in [0.25, 0.3) is 11.1 Å². The summed E-state index contributed by atoms with van der Waals surface area (Å²) in [6.07, 6.45) is 1.59. The number of aryl methyl sites for hydroxylation is 2. The van der Waals surface area contributed by atoms with Crippen molar-refractivity contribution in [1.29, 1.82) is 0 Å². The van der Waals surface area contributed by atoms with Crippen LogP contribution in [0.3, 0.4) is 0 Å². The third kappa shape index (κ3) is 4.69. The Bertz CT molecular complexity index is 1120. The molecule has 1 aromatic heterocycles. The number of carbonyl (C=O) groups is 2. The smallest absolute Gasteiger partial charge is 0.270 e. The molecule has 1 aliphatic heterocycles. The molecular formula is C26H29N3O3. The molecule has 2 N–H and O–H groups in total. The van der Waals surface area contributed by atoms with E-state index in [9.17, 15) is 9.59 Å². The molecular weight excluding hydrogens is 402 g/mol. The average Bonchev–Trinajstić information content (AvgIpc) is 3.16. The highest BCUT2D eigenvalue weighted by atomic mass is 16.5. The van der Waals surface area contributed by atoms with Gasteiger partial charge in [-0.25, -0.2) is 0 Å². The lowest BCUT2D eigenvalue weighted by Crippen LogP contribution is -2.44. The van der Waals surface area contributed by atoms with Crippen LogP contribution in [-0.4, -0.2) is 41.9 Å². The number of methoxy groups -OCH3 is 1. The Hall–Kier alpha value is -3.54. The topological polar surface area (TPSA) is 74.4 Å². The van der Waals surface area contributed by atoms with Gasteiger partial charge < -0.3 is 19.9 Å². The molecule has 6 nitrogen and oxygen atoms in total. The average molecular weight is 432 g/mol. The fraction of sp³-hybridized carbons (Fsp3) is 0.308. The van der Waals surface area contributed by atoms with Crippen LogP contribution in [0.4, 0.5) is 5.69 Å². The van der Waals surface area contributed by atoms with E-state index in [0.29, 0.717) is 18.8 Å². The van der Waals surface area contributed by atoms with Gasteiger partial charge >= 0.3 is 0 Å². The monoisotopic (exact) mass is 431 g/mol. The van der Waals surface area contributed by atoms with Gasteiger partial charge in [-0.3, -0.25) is 9.59 Å². The number of nitrogens with zero attached hydrogens (tertiary/aromatic N) is 1. The number of likely N-dealkylation sites (tertiary alicyclic amines) is 1. The van der Waals surface area contributed by atoms with E-state index in [1.807, 2.05) is 68.4 Å². The molecule has 0 radical (unpaired) electrons. The van der Waals surface area contributed by atoms with Gasteiger partial charge in [-0.05, 0) is 73.7 Å². The molecule has 2 heterocycles. The van der Waals surface area contributed by atoms with E-state index >= 15 is 0 Å². The molecule has 166 valence electrons. The van der Waals surface area contributed by atoms with Crippen LogP contribution in [0, 0.1) is 19.8 Å². The molecule has 0 unspecified atom stereocenters. The first-order valence-corrected chi connectivity index (χ1v) is 11.0. The predicted octanol–water partition coefficient (Wildman–Crippen LogP) is 4.80. The number of ether oxygens (including phenoxy) is 1. The highest BCUT2D eigenvalue weighted by molar-refractivity contribution is 5.96. The number of hydrogen-bond acceptors (Lipinski definition) is 3. The van der Waals surface area contributed by atoms with Gasteiger partial charge in [-0.2, -0.15) is 0 Å². The zero-order chi connectivity index (χ0) is 22.7. The minimum absolute atomic E-state index is 0.0317. The second kappa shape index (κ2) is 9.30. The number of H-pyrrole nitrogens is 1. The Morgan fingerprint density at radius 3 is 2.53 bits per heavy atom. The number of aromatic amines is 1. The molecule has 0 bridgehead atoms. The van der Waals surface area contributed by atoms with Gasteiger partial charge in [0.15, 0.2) is 0 Å². The number of anilines is 1. The van der Waals surface area contributed by atoms with E-state index < -0.39 is 0 Å². The summed E-state index contributed by atoms with van der Waals surface area (Å²) < 4.78 is 5.29. The third-order valence-corrected chi connectivity index (χ3v) is 6.00. The zero-order valence-electron chi connectivity index (χ0n) is 18.8. The molecule has 32 heavy (non-hydrogen) atoms. The van der Waals surface area contributed by atoms with E-state index in [1.54, 1.807) is 12.0 Å². The van der Waals surface area contributed by atoms with Gasteiger partial charge in [0.2, 0.25) is 5.91 Å². The van der Waals surface area contributed by atoms with Crippen molar-refractivity contribution in [3.8, 4) is 16.9 Å². The number of nitrogens with one attached hydrogen (secondary N) is 2. The quantitative estimate of drug-likeness (QED) is 0.609. The van der Waals surface area contributed by atoms with Crippen molar-refractivity contribution in [2.24, 2.45) is 5.92 Å². The summed E-state index contributed by atoms with van der Waals surface area (Å²) in [5.74, 6) is 0.509. The standard InChI is InChI=1S/C26H29N3O3/c1-17-14-18(2)27-24(17)26(31)29-13-5-7-21(16-29)25(30)28-22-11-9-19(10-12-22)20-6-4-8-23(15-20)32-3/h4,6,8-12,14-15,21,27H,5,7,13,16H2,1-3H3,(H,28,30)/t21-/m1/s1. The molecule has 1 aliphatic rings. The molecule has 0 spiro atoms. The summed E-state index contributed by atoms with van der Waals surface area (Å²) in [7, 11) is 1.65. The van der Waals surface area contributed by atoms with E-state index in [-0.39, 0.29) is 17.7 Å². The number of carbonyl (C=O) groups excluding carboxylic acids is 2. The molecule has 4 rings (SSSR count).